The monoisotopic (exact) mass is 294 g/mol. The second-order valence-corrected chi connectivity index (χ2v) is 5.78. The quantitative estimate of drug-likeness (QED) is 0.506. The Labute approximate surface area is 124 Å². The van der Waals surface area contributed by atoms with E-state index in [0.29, 0.717) is 5.88 Å². The lowest BCUT2D eigenvalue weighted by molar-refractivity contribution is 0.0848. The number of nitrogens with zero attached hydrogens (tertiary/aromatic N) is 1. The van der Waals surface area contributed by atoms with Gasteiger partial charge >= 0.3 is 0 Å². The largest absolute Gasteiger partial charge is 0.451 e. The number of ether oxygens (including phenoxy) is 2. The van der Waals surface area contributed by atoms with E-state index in [1.165, 1.54) is 0 Å². The van der Waals surface area contributed by atoms with Crippen LogP contribution in [0.4, 0.5) is 0 Å². The molecule has 0 atom stereocenters. The molecule has 0 bridgehead atoms. The molecule has 3 aromatic rings. The van der Waals surface area contributed by atoms with Crippen molar-refractivity contribution in [1.29, 1.82) is 0 Å². The summed E-state index contributed by atoms with van der Waals surface area (Å²) < 4.78 is 14.2. The molecule has 2 aliphatic heterocycles. The van der Waals surface area contributed by atoms with Crippen molar-refractivity contribution in [3.63, 3.8) is 0 Å². The van der Waals surface area contributed by atoms with Gasteiger partial charge in [0.1, 0.15) is 0 Å². The third-order valence-electron chi connectivity index (χ3n) is 3.75. The number of benzene rings is 2. The highest BCUT2D eigenvalue weighted by Gasteiger charge is 2.28. The van der Waals surface area contributed by atoms with E-state index in [1.54, 1.807) is 11.9 Å². The van der Waals surface area contributed by atoms with Gasteiger partial charge in [-0.3, -0.25) is 4.72 Å². The Morgan fingerprint density at radius 2 is 2.00 bits per heavy atom. The molecule has 5 heteroatoms. The van der Waals surface area contributed by atoms with Gasteiger partial charge in [-0.1, -0.05) is 18.2 Å². The third-order valence-corrected chi connectivity index (χ3v) is 4.69. The zero-order valence-corrected chi connectivity index (χ0v) is 11.7. The van der Waals surface area contributed by atoms with Gasteiger partial charge in [0.25, 0.3) is 0 Å². The van der Waals surface area contributed by atoms with Crippen molar-refractivity contribution < 1.29 is 9.47 Å². The molecule has 0 fully saturated rings. The highest BCUT2D eigenvalue weighted by molar-refractivity contribution is 7.97. The van der Waals surface area contributed by atoms with Gasteiger partial charge in [-0.2, -0.15) is 0 Å². The van der Waals surface area contributed by atoms with E-state index in [9.17, 15) is 0 Å². The second-order valence-electron chi connectivity index (χ2n) is 4.96. The standard InChI is InChI=1S/C16H10N2O2S/c1-2-4-12-9(3-1)7-11-13(17-12)6-5-10-14-16(20-8-19-14)18-21-15(10)11/h1-7,18H,8H2. The van der Waals surface area contributed by atoms with Crippen molar-refractivity contribution in [1.82, 2.24) is 9.71 Å². The van der Waals surface area contributed by atoms with Crippen molar-refractivity contribution in [2.24, 2.45) is 0 Å². The number of rotatable bonds is 0. The van der Waals surface area contributed by atoms with E-state index in [-0.39, 0.29) is 6.79 Å². The fourth-order valence-electron chi connectivity index (χ4n) is 2.76. The van der Waals surface area contributed by atoms with Crippen LogP contribution in [0, 0.1) is 0 Å². The molecule has 0 aliphatic carbocycles. The fourth-order valence-corrected chi connectivity index (χ4v) is 3.65. The molecule has 2 aliphatic rings. The molecular formula is C16H10N2O2S. The first-order chi connectivity index (χ1) is 10.4. The van der Waals surface area contributed by atoms with Crippen molar-refractivity contribution in [3.05, 3.63) is 53.9 Å². The van der Waals surface area contributed by atoms with Crippen LogP contribution in [0.25, 0.3) is 27.6 Å². The lowest BCUT2D eigenvalue weighted by Crippen LogP contribution is -2.10. The second kappa shape index (κ2) is 4.05. The highest BCUT2D eigenvalue weighted by atomic mass is 32.2. The molecule has 0 amide bonds. The first-order valence-electron chi connectivity index (χ1n) is 6.66. The van der Waals surface area contributed by atoms with E-state index >= 15 is 0 Å². The maximum atomic E-state index is 5.58. The lowest BCUT2D eigenvalue weighted by Gasteiger charge is -2.18. The summed E-state index contributed by atoms with van der Waals surface area (Å²) in [6.45, 7) is 0.270. The molecule has 1 aromatic heterocycles. The van der Waals surface area contributed by atoms with E-state index in [1.807, 2.05) is 24.3 Å². The Kier molecular flexibility index (Phi) is 2.18. The highest BCUT2D eigenvalue weighted by Crippen LogP contribution is 2.41. The molecule has 3 heterocycles. The predicted molar refractivity (Wildman–Crippen MR) is 82.2 cm³/mol. The third kappa shape index (κ3) is 1.55. The molecule has 0 saturated carbocycles. The van der Waals surface area contributed by atoms with Crippen LogP contribution in [0.15, 0.2) is 53.2 Å². The molecule has 102 valence electrons. The molecular weight excluding hydrogens is 284 g/mol. The Morgan fingerprint density at radius 3 is 3.00 bits per heavy atom. The van der Waals surface area contributed by atoms with Gasteiger partial charge in [-0.25, -0.2) is 4.98 Å². The van der Waals surface area contributed by atoms with Crippen LogP contribution in [0.5, 0.6) is 0 Å². The van der Waals surface area contributed by atoms with Crippen molar-refractivity contribution in [2.45, 2.75) is 4.90 Å². The van der Waals surface area contributed by atoms with Gasteiger partial charge in [-0.15, -0.1) is 0 Å². The maximum absolute atomic E-state index is 5.58. The summed E-state index contributed by atoms with van der Waals surface area (Å²) in [5, 5.41) is 2.27. The summed E-state index contributed by atoms with van der Waals surface area (Å²) in [7, 11) is 0. The van der Waals surface area contributed by atoms with Crippen molar-refractivity contribution in [2.75, 3.05) is 6.79 Å². The van der Waals surface area contributed by atoms with Crippen LogP contribution >= 0.6 is 11.9 Å². The van der Waals surface area contributed by atoms with E-state index in [0.717, 1.165) is 38.0 Å². The van der Waals surface area contributed by atoms with Gasteiger partial charge in [0.2, 0.25) is 12.7 Å². The smallest absolute Gasteiger partial charge is 0.244 e. The number of nitrogens with one attached hydrogen (secondary N) is 1. The van der Waals surface area contributed by atoms with Gasteiger partial charge in [0.15, 0.2) is 5.76 Å². The number of aromatic nitrogens is 1. The first kappa shape index (κ1) is 11.3. The summed E-state index contributed by atoms with van der Waals surface area (Å²) in [6, 6.07) is 14.4. The maximum Gasteiger partial charge on any atom is 0.244 e. The lowest BCUT2D eigenvalue weighted by atomic mass is 10.1. The molecule has 0 spiro atoms. The molecule has 0 saturated heterocycles. The number of hydrogen-bond donors (Lipinski definition) is 1. The summed E-state index contributed by atoms with van der Waals surface area (Å²) in [6.07, 6.45) is 0. The van der Waals surface area contributed by atoms with Crippen molar-refractivity contribution in [3.8, 4) is 0 Å². The zero-order chi connectivity index (χ0) is 13.8. The molecule has 4 nitrogen and oxygen atoms in total. The van der Waals surface area contributed by atoms with E-state index < -0.39 is 0 Å². The Balaban J connectivity index is 1.86. The average molecular weight is 294 g/mol. The van der Waals surface area contributed by atoms with Crippen LogP contribution < -0.4 is 4.72 Å². The topological polar surface area (TPSA) is 43.4 Å². The fraction of sp³-hybridized carbons (Fsp3) is 0.0625. The molecule has 1 N–H and O–H groups in total. The number of para-hydroxylation sites is 1. The van der Waals surface area contributed by atoms with Gasteiger partial charge in [-0.05, 0) is 36.2 Å². The normalized spacial score (nSPS) is 16.2. The summed E-state index contributed by atoms with van der Waals surface area (Å²) in [4.78, 5) is 5.88. The average Bonchev–Trinajstić information content (AvgIpc) is 3.01. The van der Waals surface area contributed by atoms with Crippen LogP contribution in [-0.2, 0) is 9.47 Å². The first-order valence-corrected chi connectivity index (χ1v) is 7.47. The SMILES string of the molecule is c1ccc2nc3ccc4c(c3cc2c1)SNC1=C4OCO1. The minimum Gasteiger partial charge on any atom is -0.451 e. The Hall–Kier alpha value is -2.40. The van der Waals surface area contributed by atoms with Gasteiger partial charge < -0.3 is 9.47 Å². The zero-order valence-electron chi connectivity index (χ0n) is 10.9. The van der Waals surface area contributed by atoms with Gasteiger partial charge in [0, 0.05) is 21.2 Å². The molecule has 21 heavy (non-hydrogen) atoms. The Morgan fingerprint density at radius 1 is 1.05 bits per heavy atom. The molecule has 2 aromatic carbocycles. The molecule has 0 unspecified atom stereocenters. The van der Waals surface area contributed by atoms with E-state index in [4.69, 9.17) is 14.5 Å². The van der Waals surface area contributed by atoms with E-state index in [2.05, 4.69) is 22.9 Å². The number of hydrogen-bond acceptors (Lipinski definition) is 5. The van der Waals surface area contributed by atoms with Crippen molar-refractivity contribution >= 4 is 39.5 Å². The van der Waals surface area contributed by atoms with Crippen LogP contribution in [0.1, 0.15) is 5.56 Å². The Bertz CT molecular complexity index is 936. The number of fused-ring (bicyclic) bond motifs is 5. The summed E-state index contributed by atoms with van der Waals surface area (Å²) >= 11 is 1.55. The van der Waals surface area contributed by atoms with Crippen LogP contribution in [-0.4, -0.2) is 11.8 Å². The summed E-state index contributed by atoms with van der Waals surface area (Å²) in [5.41, 5.74) is 3.07. The molecule has 5 rings (SSSR count). The molecule has 0 radical (unpaired) electrons. The van der Waals surface area contributed by atoms with Gasteiger partial charge in [0.05, 0.1) is 11.0 Å². The van der Waals surface area contributed by atoms with Crippen LogP contribution in [0.2, 0.25) is 0 Å². The summed E-state index contributed by atoms with van der Waals surface area (Å²) in [5.74, 6) is 1.50. The number of pyridine rings is 1. The predicted octanol–water partition coefficient (Wildman–Crippen LogP) is 3.63. The van der Waals surface area contributed by atoms with Crippen LogP contribution in [0.3, 0.4) is 0 Å². The minimum atomic E-state index is 0.270. The minimum absolute atomic E-state index is 0.270.